The second kappa shape index (κ2) is 4.91. The third-order valence-corrected chi connectivity index (χ3v) is 6.59. The Bertz CT molecular complexity index is 341. The Kier molecular flexibility index (Phi) is 3.73. The molecule has 0 saturated heterocycles. The molecule has 0 radical (unpaired) electrons. The highest BCUT2D eigenvalue weighted by Crippen LogP contribution is 2.53. The van der Waals surface area contributed by atoms with E-state index in [0.29, 0.717) is 10.7 Å². The van der Waals surface area contributed by atoms with E-state index in [2.05, 4.69) is 29.8 Å². The molecule has 1 aliphatic carbocycles. The molecule has 0 spiro atoms. The minimum atomic E-state index is 0.0418. The standard InChI is InChI=1S/C13H22NOS/c1-3-11(14-15)12(16-8-5-9-16)10-13(4-2)6-7-13/h8-9,11-12H,3-7,10H2,1-2H3/q-1. The molecule has 2 aliphatic rings. The minimum absolute atomic E-state index is 0.0418. The Morgan fingerprint density at radius 2 is 2.06 bits per heavy atom. The second-order valence-electron chi connectivity index (χ2n) is 5.15. The molecule has 0 aromatic heterocycles. The SMILES string of the molecule is CCC(N=O)C(CC1(CC)CC1)[S-]1=CCC=1. The molecule has 1 heterocycles. The van der Waals surface area contributed by atoms with Crippen LogP contribution in [0.5, 0.6) is 0 Å². The van der Waals surface area contributed by atoms with Crippen molar-refractivity contribution < 1.29 is 0 Å². The first kappa shape index (κ1) is 12.2. The quantitative estimate of drug-likeness (QED) is 0.382. The zero-order valence-corrected chi connectivity index (χ0v) is 11.1. The first-order chi connectivity index (χ1) is 7.74. The molecule has 1 aliphatic heterocycles. The lowest BCUT2D eigenvalue weighted by atomic mass is 9.93. The number of hydrogen-bond donors (Lipinski definition) is 0. The normalized spacial score (nSPS) is 25.9. The molecule has 1 saturated carbocycles. The van der Waals surface area contributed by atoms with Crippen LogP contribution in [0.4, 0.5) is 0 Å². The van der Waals surface area contributed by atoms with Gasteiger partial charge in [-0.15, -0.1) is 0 Å². The molecule has 2 unspecified atom stereocenters. The fourth-order valence-corrected chi connectivity index (χ4v) is 4.64. The second-order valence-corrected chi connectivity index (χ2v) is 7.24. The molecule has 92 valence electrons. The molecule has 3 heteroatoms. The van der Waals surface area contributed by atoms with Gasteiger partial charge in [0.15, 0.2) is 0 Å². The summed E-state index contributed by atoms with van der Waals surface area (Å²) >= 11 is 0. The van der Waals surface area contributed by atoms with E-state index in [9.17, 15) is 4.91 Å². The lowest BCUT2D eigenvalue weighted by Gasteiger charge is -2.37. The Morgan fingerprint density at radius 1 is 1.38 bits per heavy atom. The topological polar surface area (TPSA) is 29.4 Å². The highest BCUT2D eigenvalue weighted by molar-refractivity contribution is 7.96. The summed E-state index contributed by atoms with van der Waals surface area (Å²) in [4.78, 5) is 10.9. The van der Waals surface area contributed by atoms with Crippen molar-refractivity contribution in [2.24, 2.45) is 10.6 Å². The van der Waals surface area contributed by atoms with Gasteiger partial charge in [0.25, 0.3) is 0 Å². The van der Waals surface area contributed by atoms with Crippen LogP contribution < -0.4 is 0 Å². The molecule has 0 bridgehead atoms. The summed E-state index contributed by atoms with van der Waals surface area (Å²) in [5, 5.41) is 8.64. The highest BCUT2D eigenvalue weighted by atomic mass is 32.2. The molecule has 0 aromatic carbocycles. The monoisotopic (exact) mass is 240 g/mol. The van der Waals surface area contributed by atoms with E-state index in [1.165, 1.54) is 25.7 Å². The summed E-state index contributed by atoms with van der Waals surface area (Å²) in [7, 11) is 0.284. The lowest BCUT2D eigenvalue weighted by Crippen LogP contribution is -2.32. The minimum Gasteiger partial charge on any atom is -0.473 e. The maximum atomic E-state index is 10.9. The van der Waals surface area contributed by atoms with E-state index in [4.69, 9.17) is 0 Å². The zero-order valence-electron chi connectivity index (χ0n) is 10.3. The van der Waals surface area contributed by atoms with Crippen LogP contribution in [0.3, 0.4) is 0 Å². The molecule has 0 amide bonds. The van der Waals surface area contributed by atoms with Gasteiger partial charge in [-0.1, -0.05) is 43.5 Å². The van der Waals surface area contributed by atoms with E-state index in [-0.39, 0.29) is 16.1 Å². The van der Waals surface area contributed by atoms with Gasteiger partial charge in [0.05, 0.1) is 6.04 Å². The van der Waals surface area contributed by atoms with Crippen LogP contribution in [-0.2, 0) is 10.1 Å². The smallest absolute Gasteiger partial charge is 0.0759 e. The van der Waals surface area contributed by atoms with E-state index >= 15 is 0 Å². The van der Waals surface area contributed by atoms with Crippen LogP contribution >= 0.6 is 0 Å². The summed E-state index contributed by atoms with van der Waals surface area (Å²) in [6, 6.07) is 0.0418. The Balaban J connectivity index is 2.09. The molecule has 0 N–H and O–H groups in total. The summed E-state index contributed by atoms with van der Waals surface area (Å²) in [5.41, 5.74) is 0.576. The number of nitrogens with zero attached hydrogens (tertiary/aromatic N) is 1. The van der Waals surface area contributed by atoms with Crippen molar-refractivity contribution in [3.8, 4) is 0 Å². The maximum Gasteiger partial charge on any atom is 0.0759 e. The average molecular weight is 240 g/mol. The molecule has 2 atom stereocenters. The maximum absolute atomic E-state index is 10.9. The van der Waals surface area contributed by atoms with Crippen molar-refractivity contribution in [2.75, 3.05) is 0 Å². The van der Waals surface area contributed by atoms with Crippen LogP contribution in [0.25, 0.3) is 0 Å². The van der Waals surface area contributed by atoms with Crippen molar-refractivity contribution >= 4 is 20.8 Å². The molecular formula is C13H22NOS-. The molecule has 2 nitrogen and oxygen atoms in total. The molecule has 1 fully saturated rings. The van der Waals surface area contributed by atoms with Gasteiger partial charge in [-0.3, -0.25) is 0 Å². The summed E-state index contributed by atoms with van der Waals surface area (Å²) < 4.78 is 0. The van der Waals surface area contributed by atoms with E-state index in [0.717, 1.165) is 12.8 Å². The Hall–Kier alpha value is -0.310. The van der Waals surface area contributed by atoms with Crippen LogP contribution in [0.1, 0.15) is 52.4 Å². The summed E-state index contributed by atoms with van der Waals surface area (Å²) in [6.45, 7) is 4.38. The van der Waals surface area contributed by atoms with Gasteiger partial charge in [0.2, 0.25) is 0 Å². The van der Waals surface area contributed by atoms with E-state index < -0.39 is 0 Å². The van der Waals surface area contributed by atoms with Crippen molar-refractivity contribution in [2.45, 2.75) is 63.7 Å². The van der Waals surface area contributed by atoms with Gasteiger partial charge in [-0.2, -0.15) is 4.91 Å². The third kappa shape index (κ3) is 2.34. The van der Waals surface area contributed by atoms with E-state index in [1.807, 2.05) is 0 Å². The summed E-state index contributed by atoms with van der Waals surface area (Å²) in [5.74, 6) is 0. The molecule has 16 heavy (non-hydrogen) atoms. The average Bonchev–Trinajstić information content (AvgIpc) is 2.98. The van der Waals surface area contributed by atoms with Crippen molar-refractivity contribution in [1.82, 2.24) is 0 Å². The number of nitroso groups, excluding NO2 is 1. The molecule has 2 rings (SSSR count). The van der Waals surface area contributed by atoms with Gasteiger partial charge in [-0.25, -0.2) is 10.7 Å². The lowest BCUT2D eigenvalue weighted by molar-refractivity contribution is 0.413. The van der Waals surface area contributed by atoms with E-state index in [1.54, 1.807) is 0 Å². The van der Waals surface area contributed by atoms with Crippen molar-refractivity contribution in [3.63, 3.8) is 0 Å². The first-order valence-electron chi connectivity index (χ1n) is 6.44. The molecule has 0 aromatic rings. The van der Waals surface area contributed by atoms with Gasteiger partial charge in [0.1, 0.15) is 0 Å². The van der Waals surface area contributed by atoms with Crippen LogP contribution in [0.15, 0.2) is 5.18 Å². The predicted octanol–water partition coefficient (Wildman–Crippen LogP) is 3.11. The summed E-state index contributed by atoms with van der Waals surface area (Å²) in [6.07, 6.45) is 7.27. The predicted molar refractivity (Wildman–Crippen MR) is 74.3 cm³/mol. The fourth-order valence-electron chi connectivity index (χ4n) is 2.58. The first-order valence-corrected chi connectivity index (χ1v) is 7.86. The van der Waals surface area contributed by atoms with Gasteiger partial charge >= 0.3 is 0 Å². The highest BCUT2D eigenvalue weighted by Gasteiger charge is 2.41. The van der Waals surface area contributed by atoms with Crippen molar-refractivity contribution in [3.05, 3.63) is 4.91 Å². The van der Waals surface area contributed by atoms with Gasteiger partial charge < -0.3 is 10.1 Å². The number of rotatable bonds is 7. The van der Waals surface area contributed by atoms with Gasteiger partial charge in [0, 0.05) is 0 Å². The zero-order chi connectivity index (χ0) is 11.6. The van der Waals surface area contributed by atoms with Crippen LogP contribution in [0.2, 0.25) is 0 Å². The van der Waals surface area contributed by atoms with Crippen molar-refractivity contribution in [1.29, 1.82) is 0 Å². The Labute approximate surface area is 100 Å². The van der Waals surface area contributed by atoms with Crippen LogP contribution in [-0.4, -0.2) is 22.0 Å². The fraction of sp³-hybridized carbons (Fsp3) is 0.846. The van der Waals surface area contributed by atoms with Gasteiger partial charge in [-0.05, 0) is 24.7 Å². The largest absolute Gasteiger partial charge is 0.473 e. The van der Waals surface area contributed by atoms with Crippen LogP contribution in [0, 0.1) is 10.3 Å². The number of hydrogen-bond acceptors (Lipinski definition) is 3. The third-order valence-electron chi connectivity index (χ3n) is 4.25. The Morgan fingerprint density at radius 3 is 2.38 bits per heavy atom. The molecular weight excluding hydrogens is 218 g/mol.